The van der Waals surface area contributed by atoms with Gasteiger partial charge in [-0.25, -0.2) is 24.7 Å². The molecule has 6 aromatic heterocycles. The van der Waals surface area contributed by atoms with Gasteiger partial charge in [-0.3, -0.25) is 30.2 Å². The molecule has 60 heavy (non-hydrogen) atoms. The molecule has 0 spiro atoms. The number of nitrogens with zero attached hydrogens (tertiary/aromatic N) is 11. The Morgan fingerprint density at radius 2 is 1.35 bits per heavy atom. The van der Waals surface area contributed by atoms with Gasteiger partial charge in [0, 0.05) is 79.5 Å². The summed E-state index contributed by atoms with van der Waals surface area (Å²) in [6.45, 7) is 16.2. The molecule has 0 saturated carbocycles. The summed E-state index contributed by atoms with van der Waals surface area (Å²) in [5.74, 6) is 3.30. The van der Waals surface area contributed by atoms with Gasteiger partial charge in [-0.1, -0.05) is 27.7 Å². The van der Waals surface area contributed by atoms with Crippen LogP contribution in [0.3, 0.4) is 0 Å². The molecule has 0 radical (unpaired) electrons. The number of rotatable bonds is 5. The topological polar surface area (TPSA) is 180 Å². The second-order valence-electron chi connectivity index (χ2n) is 16.2. The molecule has 6 aromatic rings. The lowest BCUT2D eigenvalue weighted by atomic mass is 10.1. The van der Waals surface area contributed by atoms with Crippen molar-refractivity contribution in [3.8, 4) is 22.5 Å². The van der Waals surface area contributed by atoms with Crippen LogP contribution in [-0.4, -0.2) is 84.2 Å². The van der Waals surface area contributed by atoms with Crippen molar-refractivity contribution in [2.75, 3.05) is 57.2 Å². The van der Waals surface area contributed by atoms with Crippen LogP contribution in [0, 0.1) is 13.8 Å². The van der Waals surface area contributed by atoms with E-state index in [9.17, 15) is 4.79 Å². The van der Waals surface area contributed by atoms with Gasteiger partial charge in [0.25, 0.3) is 0 Å². The molecular formula is C45H52N14O. The zero-order valence-electron chi connectivity index (χ0n) is 35.0. The highest BCUT2D eigenvalue weighted by Crippen LogP contribution is 2.40. The molecule has 2 amide bonds. The Hall–Kier alpha value is -6.77. The zero-order chi connectivity index (χ0) is 41.9. The molecule has 2 saturated heterocycles. The highest BCUT2D eigenvalue weighted by Gasteiger charge is 2.40. The molecule has 308 valence electrons. The molecule has 2 atom stereocenters. The monoisotopic (exact) mass is 804 g/mol. The Bertz CT molecular complexity index is 2490. The highest BCUT2D eigenvalue weighted by atomic mass is 16.2. The second kappa shape index (κ2) is 17.2. The molecule has 10 rings (SSSR count). The molecule has 0 aromatic carbocycles. The number of pyridine rings is 4. The van der Waals surface area contributed by atoms with Crippen molar-refractivity contribution < 1.29 is 4.79 Å². The van der Waals surface area contributed by atoms with E-state index in [0.717, 1.165) is 89.4 Å². The number of carbonyl (C=O) groups excluding carboxylic acids is 1. The summed E-state index contributed by atoms with van der Waals surface area (Å²) >= 11 is 0. The van der Waals surface area contributed by atoms with E-state index < -0.39 is 0 Å². The van der Waals surface area contributed by atoms with Crippen molar-refractivity contribution in [2.24, 2.45) is 0 Å². The summed E-state index contributed by atoms with van der Waals surface area (Å²) in [5.41, 5.74) is 15.3. The number of nitrogens with two attached hydrogens (primary N) is 1. The Balaban J connectivity index is 0.000000145. The summed E-state index contributed by atoms with van der Waals surface area (Å²) in [6, 6.07) is 16.8. The van der Waals surface area contributed by atoms with Crippen molar-refractivity contribution in [1.82, 2.24) is 39.9 Å². The van der Waals surface area contributed by atoms with Crippen LogP contribution in [0.2, 0.25) is 0 Å². The van der Waals surface area contributed by atoms with Crippen LogP contribution in [0.4, 0.5) is 39.4 Å². The van der Waals surface area contributed by atoms with Gasteiger partial charge in [-0.2, -0.15) is 0 Å². The number of hydrogen-bond acceptors (Lipinski definition) is 13. The quantitative estimate of drug-likeness (QED) is 0.155. The van der Waals surface area contributed by atoms with Crippen LogP contribution >= 0.6 is 0 Å². The van der Waals surface area contributed by atoms with E-state index in [4.69, 9.17) is 15.7 Å². The van der Waals surface area contributed by atoms with Crippen LogP contribution in [-0.2, 0) is 0 Å². The molecule has 2 fully saturated rings. The minimum Gasteiger partial charge on any atom is -0.382 e. The van der Waals surface area contributed by atoms with Crippen LogP contribution in [0.25, 0.3) is 22.5 Å². The highest BCUT2D eigenvalue weighted by molar-refractivity contribution is 6.04. The van der Waals surface area contributed by atoms with Gasteiger partial charge in [0.05, 0.1) is 52.6 Å². The van der Waals surface area contributed by atoms with Gasteiger partial charge in [-0.15, -0.1) is 0 Å². The summed E-state index contributed by atoms with van der Waals surface area (Å²) in [6.07, 6.45) is 12.3. The van der Waals surface area contributed by atoms with Gasteiger partial charge >= 0.3 is 6.03 Å². The number of aromatic nitrogens is 8. The molecule has 15 nitrogen and oxygen atoms in total. The molecule has 4 aliphatic rings. The average molecular weight is 805 g/mol. The molecule has 4 N–H and O–H groups in total. The second-order valence-corrected chi connectivity index (χ2v) is 16.2. The Morgan fingerprint density at radius 1 is 0.733 bits per heavy atom. The average Bonchev–Trinajstić information content (AvgIpc) is 3.85. The van der Waals surface area contributed by atoms with Crippen LogP contribution < -0.4 is 31.1 Å². The third-order valence-electron chi connectivity index (χ3n) is 11.0. The van der Waals surface area contributed by atoms with E-state index in [2.05, 4.69) is 102 Å². The molecule has 4 bridgehead atoms. The largest absolute Gasteiger partial charge is 0.382 e. The number of amides is 2. The lowest BCUT2D eigenvalue weighted by Gasteiger charge is -2.35. The number of carbonyl (C=O) groups is 1. The maximum atomic E-state index is 13.4. The van der Waals surface area contributed by atoms with Crippen molar-refractivity contribution in [3.63, 3.8) is 0 Å². The minimum atomic E-state index is -0.224. The van der Waals surface area contributed by atoms with Crippen molar-refractivity contribution >= 4 is 40.7 Å². The molecular weight excluding hydrogens is 753 g/mol. The van der Waals surface area contributed by atoms with E-state index in [0.29, 0.717) is 29.4 Å². The van der Waals surface area contributed by atoms with E-state index in [-0.39, 0.29) is 18.0 Å². The number of fused-ring (bicyclic) bond motifs is 8. The van der Waals surface area contributed by atoms with Crippen molar-refractivity contribution in [1.29, 1.82) is 0 Å². The van der Waals surface area contributed by atoms with Crippen LogP contribution in [0.5, 0.6) is 0 Å². The summed E-state index contributed by atoms with van der Waals surface area (Å²) < 4.78 is 0. The fraction of sp³-hybridized carbons (Fsp3) is 0.356. The maximum absolute atomic E-state index is 13.4. The lowest BCUT2D eigenvalue weighted by Crippen LogP contribution is -2.48. The minimum absolute atomic E-state index is 0.0793. The predicted molar refractivity (Wildman–Crippen MR) is 237 cm³/mol. The number of aryl methyl sites for hydroxylation is 2. The first kappa shape index (κ1) is 40.0. The lowest BCUT2D eigenvalue weighted by molar-refractivity contribution is 0.254. The Morgan fingerprint density at radius 3 is 2.00 bits per heavy atom. The first-order valence-corrected chi connectivity index (χ1v) is 20.6. The first-order chi connectivity index (χ1) is 29.0. The van der Waals surface area contributed by atoms with Gasteiger partial charge in [0.2, 0.25) is 0 Å². The molecule has 15 heteroatoms. The number of nitrogen functional groups attached to an aromatic ring is 1. The molecule has 0 aliphatic carbocycles. The first-order valence-electron chi connectivity index (χ1n) is 20.6. The number of nitrogens with one attached hydrogen (secondary N) is 2. The van der Waals surface area contributed by atoms with Crippen LogP contribution in [0.1, 0.15) is 75.1 Å². The third-order valence-corrected chi connectivity index (χ3v) is 11.0. The van der Waals surface area contributed by atoms with Gasteiger partial charge in [0.1, 0.15) is 5.82 Å². The summed E-state index contributed by atoms with van der Waals surface area (Å²) in [7, 11) is 0. The summed E-state index contributed by atoms with van der Waals surface area (Å²) in [5, 5.41) is 6.49. The smallest absolute Gasteiger partial charge is 0.329 e. The van der Waals surface area contributed by atoms with Gasteiger partial charge < -0.3 is 20.9 Å². The van der Waals surface area contributed by atoms with Crippen molar-refractivity contribution in [3.05, 3.63) is 108 Å². The predicted octanol–water partition coefficient (Wildman–Crippen LogP) is 7.63. The van der Waals surface area contributed by atoms with Gasteiger partial charge in [-0.05, 0) is 87.1 Å². The normalized spacial score (nSPS) is 16.9. The van der Waals surface area contributed by atoms with E-state index in [1.807, 2.05) is 44.3 Å². The molecule has 0 unspecified atom stereocenters. The number of anilines is 6. The Labute approximate surface area is 351 Å². The molecule has 10 heterocycles. The fourth-order valence-corrected chi connectivity index (χ4v) is 7.87. The van der Waals surface area contributed by atoms with E-state index in [1.165, 1.54) is 12.1 Å². The summed E-state index contributed by atoms with van der Waals surface area (Å²) in [4.78, 5) is 54.9. The number of hydrogen-bond donors (Lipinski definition) is 3. The Kier molecular flexibility index (Phi) is 11.5. The SMILES string of the molecule is CC(C)c1cncc(N)n1.Cc1cc(-c2ccc3c(n2)N(C(=O)Nc2cncc(C(C)C)n2)[C@H]2CCN3C2)ccn1.Cc1cc(-c2ccc3c(n2)N[C@H]2CCN3C2)ccn1. The zero-order valence-corrected chi connectivity index (χ0v) is 35.0. The van der Waals surface area contributed by atoms with E-state index >= 15 is 0 Å². The maximum Gasteiger partial charge on any atom is 0.329 e. The third kappa shape index (κ3) is 8.79. The van der Waals surface area contributed by atoms with Crippen LogP contribution in [0.15, 0.2) is 85.7 Å². The number of urea groups is 1. The van der Waals surface area contributed by atoms with E-state index in [1.54, 1.807) is 35.9 Å². The van der Waals surface area contributed by atoms with Gasteiger partial charge in [0.15, 0.2) is 17.5 Å². The fourth-order valence-electron chi connectivity index (χ4n) is 7.87. The van der Waals surface area contributed by atoms with Crippen molar-refractivity contribution in [2.45, 2.75) is 78.3 Å². The molecule has 4 aliphatic heterocycles. The standard InChI is InChI=1S/C23H25N7O.C15H16N4.C7H11N3/c1-14(2)19-11-24-12-21(26-19)28-23(31)30-17-7-9-29(13-17)20-5-4-18(27-22(20)30)16-6-8-25-15(3)10-16;1-10-8-11(4-6-16-10)13-2-3-14-15(18-13)17-12-5-7-19(14)9-12;1-5(2)6-3-9-4-7(8)10-6/h4-6,8,10-12,14,17H,7,9,13H2,1-3H3,(H,26,28,31);2-4,6,8,12H,5,7,9H2,1H3,(H,17,18);3-5H,1-2H3,(H2,8,10)/t17-;12-;/m00./s1.